The molecule has 1 amide bonds. The SMILES string of the molecule is CC1CC(NC(=O)c2ccc3c(c2)NCC3)CCO1. The molecular formula is C15H20N2O2. The van der Waals surface area contributed by atoms with Gasteiger partial charge in [-0.1, -0.05) is 6.07 Å². The Morgan fingerprint density at radius 2 is 2.37 bits per heavy atom. The Morgan fingerprint density at radius 1 is 1.47 bits per heavy atom. The van der Waals surface area contributed by atoms with Crippen molar-refractivity contribution in [1.29, 1.82) is 0 Å². The van der Waals surface area contributed by atoms with E-state index in [2.05, 4.69) is 23.6 Å². The molecule has 0 spiro atoms. The molecule has 1 saturated heterocycles. The molecule has 0 aromatic heterocycles. The van der Waals surface area contributed by atoms with Crippen LogP contribution >= 0.6 is 0 Å². The van der Waals surface area contributed by atoms with Crippen LogP contribution in [-0.4, -0.2) is 31.2 Å². The summed E-state index contributed by atoms with van der Waals surface area (Å²) in [5.41, 5.74) is 3.15. The van der Waals surface area contributed by atoms with Crippen LogP contribution in [0.5, 0.6) is 0 Å². The molecule has 2 heterocycles. The fourth-order valence-corrected chi connectivity index (χ4v) is 2.83. The summed E-state index contributed by atoms with van der Waals surface area (Å²) in [5, 5.41) is 6.42. The molecule has 0 radical (unpaired) electrons. The third-order valence-electron chi connectivity index (χ3n) is 3.90. The number of fused-ring (bicyclic) bond motifs is 1. The van der Waals surface area contributed by atoms with Crippen molar-refractivity contribution < 1.29 is 9.53 Å². The van der Waals surface area contributed by atoms with Gasteiger partial charge in [0.15, 0.2) is 0 Å². The van der Waals surface area contributed by atoms with Crippen LogP contribution in [0, 0.1) is 0 Å². The zero-order chi connectivity index (χ0) is 13.2. The second kappa shape index (κ2) is 5.21. The highest BCUT2D eigenvalue weighted by Gasteiger charge is 2.22. The lowest BCUT2D eigenvalue weighted by Gasteiger charge is -2.28. The zero-order valence-corrected chi connectivity index (χ0v) is 11.2. The fourth-order valence-electron chi connectivity index (χ4n) is 2.83. The molecule has 0 aliphatic carbocycles. The molecule has 2 N–H and O–H groups in total. The summed E-state index contributed by atoms with van der Waals surface area (Å²) in [6, 6.07) is 6.17. The molecule has 2 aliphatic rings. The Hall–Kier alpha value is -1.55. The Morgan fingerprint density at radius 3 is 3.21 bits per heavy atom. The first kappa shape index (κ1) is 12.5. The van der Waals surface area contributed by atoms with Gasteiger partial charge in [0.1, 0.15) is 0 Å². The number of ether oxygens (including phenoxy) is 1. The third-order valence-corrected chi connectivity index (χ3v) is 3.90. The van der Waals surface area contributed by atoms with Gasteiger partial charge in [0.2, 0.25) is 0 Å². The van der Waals surface area contributed by atoms with Gasteiger partial charge in [-0.15, -0.1) is 0 Å². The van der Waals surface area contributed by atoms with E-state index < -0.39 is 0 Å². The molecule has 2 atom stereocenters. The Labute approximate surface area is 113 Å². The normalized spacial score (nSPS) is 25.5. The number of hydrogen-bond acceptors (Lipinski definition) is 3. The lowest BCUT2D eigenvalue weighted by atomic mass is 10.0. The minimum absolute atomic E-state index is 0.0237. The summed E-state index contributed by atoms with van der Waals surface area (Å²) in [5.74, 6) is 0.0237. The van der Waals surface area contributed by atoms with Crippen LogP contribution in [0.15, 0.2) is 18.2 Å². The monoisotopic (exact) mass is 260 g/mol. The fraction of sp³-hybridized carbons (Fsp3) is 0.533. The number of anilines is 1. The molecule has 3 rings (SSSR count). The average molecular weight is 260 g/mol. The van der Waals surface area contributed by atoms with Gasteiger partial charge >= 0.3 is 0 Å². The number of hydrogen-bond donors (Lipinski definition) is 2. The van der Waals surface area contributed by atoms with Crippen LogP contribution in [0.1, 0.15) is 35.7 Å². The van der Waals surface area contributed by atoms with E-state index in [0.717, 1.165) is 43.7 Å². The minimum Gasteiger partial charge on any atom is -0.384 e. The second-order valence-electron chi connectivity index (χ2n) is 5.42. The summed E-state index contributed by atoms with van der Waals surface area (Å²) < 4.78 is 5.49. The zero-order valence-electron chi connectivity index (χ0n) is 11.2. The van der Waals surface area contributed by atoms with Crippen molar-refractivity contribution in [2.75, 3.05) is 18.5 Å². The molecular weight excluding hydrogens is 240 g/mol. The average Bonchev–Trinajstić information content (AvgIpc) is 2.85. The minimum atomic E-state index is 0.0237. The van der Waals surface area contributed by atoms with Crippen molar-refractivity contribution >= 4 is 11.6 Å². The van der Waals surface area contributed by atoms with Crippen LogP contribution in [0.25, 0.3) is 0 Å². The Bertz CT molecular complexity index is 487. The molecule has 4 nitrogen and oxygen atoms in total. The van der Waals surface area contributed by atoms with E-state index in [1.807, 2.05) is 12.1 Å². The number of benzene rings is 1. The van der Waals surface area contributed by atoms with Gasteiger partial charge in [-0.25, -0.2) is 0 Å². The Balaban J connectivity index is 1.67. The van der Waals surface area contributed by atoms with E-state index >= 15 is 0 Å². The van der Waals surface area contributed by atoms with Crippen LogP contribution < -0.4 is 10.6 Å². The maximum Gasteiger partial charge on any atom is 0.251 e. The second-order valence-corrected chi connectivity index (χ2v) is 5.42. The van der Waals surface area contributed by atoms with Crippen molar-refractivity contribution in [3.63, 3.8) is 0 Å². The lowest BCUT2D eigenvalue weighted by molar-refractivity contribution is 0.0136. The predicted octanol–water partition coefficient (Wildman–Crippen LogP) is 1.95. The first-order valence-corrected chi connectivity index (χ1v) is 7.01. The third kappa shape index (κ3) is 2.73. The standard InChI is InChI=1S/C15H20N2O2/c1-10-8-13(5-7-19-10)17-15(18)12-3-2-11-4-6-16-14(11)9-12/h2-3,9-10,13,16H,4-8H2,1H3,(H,17,18). The predicted molar refractivity (Wildman–Crippen MR) is 74.5 cm³/mol. The van der Waals surface area contributed by atoms with Crippen molar-refractivity contribution in [3.05, 3.63) is 29.3 Å². The van der Waals surface area contributed by atoms with Gasteiger partial charge in [0.25, 0.3) is 5.91 Å². The van der Waals surface area contributed by atoms with E-state index in [9.17, 15) is 4.79 Å². The summed E-state index contributed by atoms with van der Waals surface area (Å²) in [6.07, 6.45) is 3.09. The van der Waals surface area contributed by atoms with Crippen LogP contribution in [0.4, 0.5) is 5.69 Å². The summed E-state index contributed by atoms with van der Waals surface area (Å²) in [4.78, 5) is 12.2. The first-order chi connectivity index (χ1) is 9.22. The van der Waals surface area contributed by atoms with E-state index in [4.69, 9.17) is 4.74 Å². The molecule has 1 fully saturated rings. The van der Waals surface area contributed by atoms with Crippen molar-refractivity contribution in [2.45, 2.75) is 38.3 Å². The number of carbonyl (C=O) groups is 1. The van der Waals surface area contributed by atoms with Crippen LogP contribution in [-0.2, 0) is 11.2 Å². The molecule has 2 unspecified atom stereocenters. The molecule has 0 bridgehead atoms. The van der Waals surface area contributed by atoms with E-state index in [1.165, 1.54) is 5.56 Å². The van der Waals surface area contributed by atoms with Crippen molar-refractivity contribution in [2.24, 2.45) is 0 Å². The maximum atomic E-state index is 12.2. The molecule has 2 aliphatic heterocycles. The summed E-state index contributed by atoms with van der Waals surface area (Å²) >= 11 is 0. The van der Waals surface area contributed by atoms with Gasteiger partial charge in [0, 0.05) is 30.4 Å². The molecule has 4 heteroatoms. The maximum absolute atomic E-state index is 12.2. The Kier molecular flexibility index (Phi) is 3.42. The van der Waals surface area contributed by atoms with Gasteiger partial charge in [-0.2, -0.15) is 0 Å². The van der Waals surface area contributed by atoms with Crippen molar-refractivity contribution in [1.82, 2.24) is 5.32 Å². The van der Waals surface area contributed by atoms with E-state index in [1.54, 1.807) is 0 Å². The lowest BCUT2D eigenvalue weighted by Crippen LogP contribution is -2.41. The smallest absolute Gasteiger partial charge is 0.251 e. The molecule has 19 heavy (non-hydrogen) atoms. The largest absolute Gasteiger partial charge is 0.384 e. The summed E-state index contributed by atoms with van der Waals surface area (Å²) in [7, 11) is 0. The first-order valence-electron chi connectivity index (χ1n) is 7.01. The number of nitrogens with one attached hydrogen (secondary N) is 2. The molecule has 1 aromatic carbocycles. The number of carbonyl (C=O) groups excluding carboxylic acids is 1. The number of rotatable bonds is 2. The number of amides is 1. The van der Waals surface area contributed by atoms with Gasteiger partial charge in [-0.3, -0.25) is 4.79 Å². The highest BCUT2D eigenvalue weighted by molar-refractivity contribution is 5.95. The van der Waals surface area contributed by atoms with Crippen LogP contribution in [0.2, 0.25) is 0 Å². The van der Waals surface area contributed by atoms with Gasteiger partial charge < -0.3 is 15.4 Å². The summed E-state index contributed by atoms with van der Waals surface area (Å²) in [6.45, 7) is 3.76. The van der Waals surface area contributed by atoms with Gasteiger partial charge in [-0.05, 0) is 43.9 Å². The van der Waals surface area contributed by atoms with Gasteiger partial charge in [0.05, 0.1) is 6.10 Å². The topological polar surface area (TPSA) is 50.4 Å². The highest BCUT2D eigenvalue weighted by Crippen LogP contribution is 2.23. The highest BCUT2D eigenvalue weighted by atomic mass is 16.5. The van der Waals surface area contributed by atoms with Crippen LogP contribution in [0.3, 0.4) is 0 Å². The van der Waals surface area contributed by atoms with E-state index in [-0.39, 0.29) is 18.1 Å². The molecule has 0 saturated carbocycles. The molecule has 102 valence electrons. The molecule has 1 aromatic rings. The van der Waals surface area contributed by atoms with E-state index in [0.29, 0.717) is 0 Å². The quantitative estimate of drug-likeness (QED) is 0.854. The van der Waals surface area contributed by atoms with Crippen molar-refractivity contribution in [3.8, 4) is 0 Å².